The molecule has 0 saturated carbocycles. The summed E-state index contributed by atoms with van der Waals surface area (Å²) < 4.78 is 85.7. The highest BCUT2D eigenvalue weighted by atomic mass is 32.2. The normalized spacial score (nSPS) is 13.8. The van der Waals surface area contributed by atoms with Crippen LogP contribution in [0.1, 0.15) is 18.5 Å². The van der Waals surface area contributed by atoms with Gasteiger partial charge in [0.25, 0.3) is 9.84 Å². The van der Waals surface area contributed by atoms with Crippen molar-refractivity contribution in [3.63, 3.8) is 0 Å². The van der Waals surface area contributed by atoms with Crippen molar-refractivity contribution < 1.29 is 30.0 Å². The van der Waals surface area contributed by atoms with Gasteiger partial charge in [0.05, 0.1) is 16.0 Å². The van der Waals surface area contributed by atoms with Crippen LogP contribution in [0.4, 0.5) is 18.9 Å². The summed E-state index contributed by atoms with van der Waals surface area (Å²) in [5.41, 5.74) is -5.36. The van der Waals surface area contributed by atoms with E-state index in [1.807, 2.05) is 0 Å². The first kappa shape index (κ1) is 23.4. The molecule has 0 spiro atoms. The van der Waals surface area contributed by atoms with E-state index < -0.39 is 46.2 Å². The fraction of sp³-hybridized carbons (Fsp3) is 0.250. The topological polar surface area (TPSA) is 119 Å². The number of halogens is 3. The summed E-state index contributed by atoms with van der Waals surface area (Å²) in [6.07, 6.45) is 4.16. The fourth-order valence-corrected chi connectivity index (χ4v) is 4.13. The van der Waals surface area contributed by atoms with Crippen LogP contribution in [0.2, 0.25) is 0 Å². The number of alkyl halides is 3. The Morgan fingerprint density at radius 3 is 2.41 bits per heavy atom. The minimum atomic E-state index is -5.83. The molecule has 0 saturated heterocycles. The molecule has 1 heterocycles. The van der Waals surface area contributed by atoms with Gasteiger partial charge in [0.1, 0.15) is 4.90 Å². The smallest absolute Gasteiger partial charge is 0.372 e. The standard InChI is InChI=1S/C16H17F3N3O4S3/c17-16(18,19)28(23,24)14-10-12(29(20,25)26)7-8-13(14)22-15(27)6-3-5-11-4-1-2-9-21-11/h1-2,4-5,7-10,15,22,27H,3,6H2,(H2,20,25,26)/t15-/m1/s1. The van der Waals surface area contributed by atoms with E-state index in [1.54, 1.807) is 30.8 Å². The number of nitrogens with two attached hydrogens (primary N) is 1. The molecule has 159 valence electrons. The van der Waals surface area contributed by atoms with E-state index >= 15 is 0 Å². The molecule has 1 aromatic carbocycles. The fourth-order valence-electron chi connectivity index (χ4n) is 2.28. The van der Waals surface area contributed by atoms with Gasteiger partial charge in [-0.05, 0) is 43.2 Å². The zero-order valence-corrected chi connectivity index (χ0v) is 17.2. The van der Waals surface area contributed by atoms with Crippen molar-refractivity contribution in [1.29, 1.82) is 0 Å². The van der Waals surface area contributed by atoms with Crippen LogP contribution in [0, 0.1) is 6.42 Å². The van der Waals surface area contributed by atoms with E-state index in [9.17, 15) is 30.0 Å². The molecule has 1 radical (unpaired) electrons. The number of hydrogen-bond acceptors (Lipinski definition) is 7. The Morgan fingerprint density at radius 2 is 1.86 bits per heavy atom. The SMILES string of the molecule is NS(=O)(=O)c1ccc(N[C@H](S)CC[CH]c2ccccn2)c(S(=O)(=O)C(F)(F)F)c1. The lowest BCUT2D eigenvalue weighted by molar-refractivity contribution is -0.0435. The van der Waals surface area contributed by atoms with E-state index in [4.69, 9.17) is 5.14 Å². The van der Waals surface area contributed by atoms with Crippen LogP contribution in [-0.2, 0) is 19.9 Å². The Kier molecular flexibility index (Phi) is 7.19. The molecule has 0 aliphatic carbocycles. The van der Waals surface area contributed by atoms with E-state index in [0.29, 0.717) is 24.6 Å². The Balaban J connectivity index is 2.25. The third-order valence-electron chi connectivity index (χ3n) is 3.68. The molecule has 1 atom stereocenters. The van der Waals surface area contributed by atoms with Crippen LogP contribution in [0.5, 0.6) is 0 Å². The van der Waals surface area contributed by atoms with Crippen LogP contribution in [0.25, 0.3) is 0 Å². The number of rotatable bonds is 8. The van der Waals surface area contributed by atoms with Gasteiger partial charge in [-0.25, -0.2) is 22.0 Å². The van der Waals surface area contributed by atoms with E-state index in [-0.39, 0.29) is 0 Å². The summed E-state index contributed by atoms with van der Waals surface area (Å²) >= 11 is 4.22. The van der Waals surface area contributed by atoms with E-state index in [1.165, 1.54) is 0 Å². The Morgan fingerprint density at radius 1 is 1.17 bits per heavy atom. The lowest BCUT2D eigenvalue weighted by Gasteiger charge is -2.19. The molecule has 0 unspecified atom stereocenters. The summed E-state index contributed by atoms with van der Waals surface area (Å²) in [5.74, 6) is 0. The molecule has 7 nitrogen and oxygen atoms in total. The molecule has 13 heteroatoms. The van der Waals surface area contributed by atoms with Crippen molar-refractivity contribution in [3.05, 3.63) is 54.7 Å². The number of nitrogens with zero attached hydrogens (tertiary/aromatic N) is 1. The number of pyridine rings is 1. The number of thiol groups is 1. The minimum absolute atomic E-state index is 0.322. The molecule has 1 aromatic heterocycles. The third-order valence-corrected chi connectivity index (χ3v) is 6.50. The van der Waals surface area contributed by atoms with Crippen molar-refractivity contribution in [2.24, 2.45) is 5.14 Å². The minimum Gasteiger partial charge on any atom is -0.372 e. The second-order valence-corrected chi connectivity index (χ2v) is 9.94. The Hall–Kier alpha value is -1.83. The highest BCUT2D eigenvalue weighted by molar-refractivity contribution is 7.92. The first-order chi connectivity index (χ1) is 13.3. The number of nitrogens with one attached hydrogen (secondary N) is 1. The first-order valence-corrected chi connectivity index (χ1v) is 11.5. The van der Waals surface area contributed by atoms with Crippen molar-refractivity contribution in [2.75, 3.05) is 5.32 Å². The summed E-state index contributed by atoms with van der Waals surface area (Å²) in [6.45, 7) is 0. The van der Waals surface area contributed by atoms with Gasteiger partial charge in [-0.2, -0.15) is 25.8 Å². The van der Waals surface area contributed by atoms with Gasteiger partial charge in [0.15, 0.2) is 0 Å². The van der Waals surface area contributed by atoms with Gasteiger partial charge in [0, 0.05) is 18.3 Å². The molecule has 3 N–H and O–H groups in total. The highest BCUT2D eigenvalue weighted by Crippen LogP contribution is 2.36. The van der Waals surface area contributed by atoms with Crippen molar-refractivity contribution in [2.45, 2.75) is 33.5 Å². The summed E-state index contributed by atoms with van der Waals surface area (Å²) in [4.78, 5) is 2.09. The zero-order valence-electron chi connectivity index (χ0n) is 14.7. The van der Waals surface area contributed by atoms with E-state index in [0.717, 1.165) is 12.1 Å². The molecule has 0 amide bonds. The zero-order chi connectivity index (χ0) is 21.9. The Bertz CT molecular complexity index is 1060. The molecule has 2 rings (SSSR count). The van der Waals surface area contributed by atoms with Crippen molar-refractivity contribution in [3.8, 4) is 0 Å². The molecule has 0 aliphatic rings. The summed E-state index contributed by atoms with van der Waals surface area (Å²) in [7, 11) is -10.2. The average Bonchev–Trinajstić information content (AvgIpc) is 2.61. The van der Waals surface area contributed by atoms with Crippen LogP contribution >= 0.6 is 12.6 Å². The maximum Gasteiger partial charge on any atom is 0.501 e. The number of aromatic nitrogens is 1. The quantitative estimate of drug-likeness (QED) is 0.405. The maximum absolute atomic E-state index is 13.0. The molecular weight excluding hydrogens is 451 g/mol. The first-order valence-electron chi connectivity index (χ1n) is 7.99. The van der Waals surface area contributed by atoms with Crippen LogP contribution in [-0.4, -0.2) is 32.7 Å². The Labute approximate surface area is 171 Å². The lowest BCUT2D eigenvalue weighted by Crippen LogP contribution is -2.26. The van der Waals surface area contributed by atoms with E-state index in [2.05, 4.69) is 22.9 Å². The second-order valence-electron chi connectivity index (χ2n) is 5.85. The van der Waals surface area contributed by atoms with Crippen molar-refractivity contribution in [1.82, 2.24) is 4.98 Å². The lowest BCUT2D eigenvalue weighted by atomic mass is 10.1. The van der Waals surface area contributed by atoms with Gasteiger partial charge >= 0.3 is 5.51 Å². The molecule has 0 aliphatic heterocycles. The van der Waals surface area contributed by atoms with Gasteiger partial charge < -0.3 is 5.32 Å². The third kappa shape index (κ3) is 6.07. The molecular formula is C16H17F3N3O4S3. The predicted molar refractivity (Wildman–Crippen MR) is 104 cm³/mol. The maximum atomic E-state index is 13.0. The molecule has 0 bridgehead atoms. The van der Waals surface area contributed by atoms with Crippen LogP contribution in [0.3, 0.4) is 0 Å². The largest absolute Gasteiger partial charge is 0.501 e. The molecule has 29 heavy (non-hydrogen) atoms. The van der Waals surface area contributed by atoms with Gasteiger partial charge in [0.2, 0.25) is 10.0 Å². The van der Waals surface area contributed by atoms with Gasteiger partial charge in [-0.3, -0.25) is 4.98 Å². The summed E-state index contributed by atoms with van der Waals surface area (Å²) in [5, 5.41) is 6.74. The average molecular weight is 469 g/mol. The molecule has 0 fully saturated rings. The summed E-state index contributed by atoms with van der Waals surface area (Å²) in [6, 6.07) is 7.49. The highest BCUT2D eigenvalue weighted by Gasteiger charge is 2.48. The number of sulfonamides is 1. The van der Waals surface area contributed by atoms with Crippen LogP contribution in [0.15, 0.2) is 52.4 Å². The second kappa shape index (κ2) is 8.90. The van der Waals surface area contributed by atoms with Crippen LogP contribution < -0.4 is 10.5 Å². The number of hydrogen-bond donors (Lipinski definition) is 3. The molecule has 2 aromatic rings. The van der Waals surface area contributed by atoms with Gasteiger partial charge in [-0.1, -0.05) is 6.07 Å². The number of benzene rings is 1. The van der Waals surface area contributed by atoms with Gasteiger partial charge in [-0.15, -0.1) is 0 Å². The predicted octanol–water partition coefficient (Wildman–Crippen LogP) is 2.72. The monoisotopic (exact) mass is 468 g/mol. The number of anilines is 1. The van der Waals surface area contributed by atoms with Crippen molar-refractivity contribution >= 4 is 38.2 Å². The number of sulfone groups is 1. The number of primary sulfonamides is 1.